The fraction of sp³-hybridized carbons (Fsp3) is 0.421. The van der Waals surface area contributed by atoms with Gasteiger partial charge in [0.05, 0.1) is 0 Å². The van der Waals surface area contributed by atoms with E-state index in [0.29, 0.717) is 39.0 Å². The zero-order valence-corrected chi connectivity index (χ0v) is 15.0. The van der Waals surface area contributed by atoms with E-state index in [9.17, 15) is 14.4 Å². The number of carbonyl (C=O) groups is 3. The molecule has 0 bridgehead atoms. The van der Waals surface area contributed by atoms with Crippen molar-refractivity contribution in [2.24, 2.45) is 5.92 Å². The molecule has 7 nitrogen and oxygen atoms in total. The number of nitrogens with zero attached hydrogens (tertiary/aromatic N) is 2. The summed E-state index contributed by atoms with van der Waals surface area (Å²) in [5, 5.41) is 5.77. The van der Waals surface area contributed by atoms with Crippen LogP contribution in [-0.4, -0.2) is 48.9 Å². The smallest absolute Gasteiger partial charge is 0.321 e. The number of rotatable bonds is 4. The maximum absolute atomic E-state index is 12.6. The summed E-state index contributed by atoms with van der Waals surface area (Å²) in [6, 6.07) is 5.51. The van der Waals surface area contributed by atoms with Crippen molar-refractivity contribution >= 4 is 29.2 Å². The molecule has 0 unspecified atom stereocenters. The van der Waals surface area contributed by atoms with E-state index in [2.05, 4.69) is 17.2 Å². The van der Waals surface area contributed by atoms with Crippen molar-refractivity contribution in [2.75, 3.05) is 36.4 Å². The summed E-state index contributed by atoms with van der Waals surface area (Å²) in [5.41, 5.74) is 2.44. The van der Waals surface area contributed by atoms with Crippen molar-refractivity contribution in [2.45, 2.75) is 19.8 Å². The third-order valence-electron chi connectivity index (χ3n) is 5.00. The van der Waals surface area contributed by atoms with E-state index in [-0.39, 0.29) is 23.8 Å². The minimum absolute atomic E-state index is 0.0400. The maximum atomic E-state index is 12.6. The molecule has 0 radical (unpaired) electrons. The van der Waals surface area contributed by atoms with E-state index in [1.165, 1.54) is 6.08 Å². The molecule has 3 rings (SSSR count). The van der Waals surface area contributed by atoms with Gasteiger partial charge in [-0.15, -0.1) is 0 Å². The van der Waals surface area contributed by atoms with Crippen molar-refractivity contribution in [3.8, 4) is 0 Å². The second kappa shape index (κ2) is 7.59. The Morgan fingerprint density at radius 3 is 2.62 bits per heavy atom. The van der Waals surface area contributed by atoms with Crippen LogP contribution in [0.15, 0.2) is 30.9 Å². The monoisotopic (exact) mass is 356 g/mol. The predicted octanol–water partition coefficient (Wildman–Crippen LogP) is 1.89. The molecule has 2 fully saturated rings. The van der Waals surface area contributed by atoms with Gasteiger partial charge in [-0.05, 0) is 43.5 Å². The molecule has 0 atom stereocenters. The Balaban J connectivity index is 1.65. The average molecular weight is 356 g/mol. The van der Waals surface area contributed by atoms with Crippen LogP contribution in [0.3, 0.4) is 0 Å². The molecule has 0 aromatic heterocycles. The van der Waals surface area contributed by atoms with Crippen LogP contribution in [0.5, 0.6) is 0 Å². The number of anilines is 2. The van der Waals surface area contributed by atoms with Crippen LogP contribution in [0.2, 0.25) is 0 Å². The normalized spacial score (nSPS) is 17.8. The number of likely N-dealkylation sites (tertiary alicyclic amines) is 1. The lowest BCUT2D eigenvalue weighted by atomic mass is 9.95. The van der Waals surface area contributed by atoms with Crippen molar-refractivity contribution in [1.82, 2.24) is 10.2 Å². The van der Waals surface area contributed by atoms with Crippen molar-refractivity contribution < 1.29 is 14.4 Å². The Kier molecular flexibility index (Phi) is 5.25. The number of piperidine rings is 1. The van der Waals surface area contributed by atoms with Gasteiger partial charge in [0.25, 0.3) is 0 Å². The van der Waals surface area contributed by atoms with Crippen LogP contribution in [0.1, 0.15) is 18.4 Å². The molecule has 2 saturated heterocycles. The molecule has 2 heterocycles. The number of aryl methyl sites for hydroxylation is 1. The topological polar surface area (TPSA) is 81.8 Å². The summed E-state index contributed by atoms with van der Waals surface area (Å²) in [5.74, 6) is -0.250. The van der Waals surface area contributed by atoms with Gasteiger partial charge in [-0.1, -0.05) is 12.6 Å². The molecule has 138 valence electrons. The van der Waals surface area contributed by atoms with Crippen LogP contribution in [-0.2, 0) is 9.59 Å². The molecule has 26 heavy (non-hydrogen) atoms. The van der Waals surface area contributed by atoms with Gasteiger partial charge in [-0.2, -0.15) is 0 Å². The standard InChI is InChI=1S/C19H24N4O3/c1-3-17(24)22-9-6-14(7-10-22)18(25)21-16-12-15(5-4-13(16)2)23-11-8-20-19(23)26/h3-5,12,14H,1,6-11H2,2H3,(H,20,26)(H,21,25). The number of carbonyl (C=O) groups excluding carboxylic acids is 3. The Bertz CT molecular complexity index is 738. The second-order valence-corrected chi connectivity index (χ2v) is 6.68. The van der Waals surface area contributed by atoms with E-state index < -0.39 is 0 Å². The predicted molar refractivity (Wildman–Crippen MR) is 100 cm³/mol. The van der Waals surface area contributed by atoms with Crippen LogP contribution in [0.4, 0.5) is 16.2 Å². The number of urea groups is 1. The van der Waals surface area contributed by atoms with Gasteiger partial charge in [0, 0.05) is 43.5 Å². The highest BCUT2D eigenvalue weighted by atomic mass is 16.2. The highest BCUT2D eigenvalue weighted by Gasteiger charge is 2.27. The fourth-order valence-corrected chi connectivity index (χ4v) is 3.36. The quantitative estimate of drug-likeness (QED) is 0.809. The number of nitrogens with one attached hydrogen (secondary N) is 2. The molecule has 2 aliphatic rings. The van der Waals surface area contributed by atoms with E-state index in [0.717, 1.165) is 16.9 Å². The Morgan fingerprint density at radius 2 is 2.00 bits per heavy atom. The molecule has 1 aromatic rings. The summed E-state index contributed by atoms with van der Waals surface area (Å²) in [4.78, 5) is 39.5. The third kappa shape index (κ3) is 3.71. The molecule has 2 N–H and O–H groups in total. The molecule has 0 saturated carbocycles. The minimum Gasteiger partial charge on any atom is -0.339 e. The molecular weight excluding hydrogens is 332 g/mol. The SMILES string of the molecule is C=CC(=O)N1CCC(C(=O)Nc2cc(N3CCNC3=O)ccc2C)CC1. The van der Waals surface area contributed by atoms with E-state index >= 15 is 0 Å². The molecule has 0 spiro atoms. The second-order valence-electron chi connectivity index (χ2n) is 6.68. The first-order chi connectivity index (χ1) is 12.5. The first-order valence-electron chi connectivity index (χ1n) is 8.88. The lowest BCUT2D eigenvalue weighted by Gasteiger charge is -2.30. The zero-order chi connectivity index (χ0) is 18.7. The van der Waals surface area contributed by atoms with Gasteiger partial charge >= 0.3 is 6.03 Å². The van der Waals surface area contributed by atoms with Crippen molar-refractivity contribution in [1.29, 1.82) is 0 Å². The Hall–Kier alpha value is -2.83. The maximum Gasteiger partial charge on any atom is 0.321 e. The van der Waals surface area contributed by atoms with E-state index in [1.807, 2.05) is 25.1 Å². The molecule has 7 heteroatoms. The van der Waals surface area contributed by atoms with Gasteiger partial charge in [0.15, 0.2) is 0 Å². The summed E-state index contributed by atoms with van der Waals surface area (Å²) >= 11 is 0. The summed E-state index contributed by atoms with van der Waals surface area (Å²) in [6.07, 6.45) is 2.58. The van der Waals surface area contributed by atoms with Gasteiger partial charge in [-0.3, -0.25) is 14.5 Å². The molecular formula is C19H24N4O3. The molecule has 0 aliphatic carbocycles. The van der Waals surface area contributed by atoms with Crippen LogP contribution in [0, 0.1) is 12.8 Å². The summed E-state index contributed by atoms with van der Waals surface area (Å²) in [6.45, 7) is 7.79. The lowest BCUT2D eigenvalue weighted by molar-refractivity contribution is -0.130. The fourth-order valence-electron chi connectivity index (χ4n) is 3.36. The number of amides is 4. The number of hydrogen-bond donors (Lipinski definition) is 2. The van der Waals surface area contributed by atoms with Gasteiger partial charge < -0.3 is 15.5 Å². The van der Waals surface area contributed by atoms with Crippen molar-refractivity contribution in [3.63, 3.8) is 0 Å². The van der Waals surface area contributed by atoms with Gasteiger partial charge in [-0.25, -0.2) is 4.79 Å². The minimum atomic E-state index is -0.123. The van der Waals surface area contributed by atoms with Gasteiger partial charge in [0.2, 0.25) is 11.8 Å². The van der Waals surface area contributed by atoms with Crippen LogP contribution < -0.4 is 15.5 Å². The van der Waals surface area contributed by atoms with Crippen molar-refractivity contribution in [3.05, 3.63) is 36.4 Å². The highest BCUT2D eigenvalue weighted by molar-refractivity contribution is 5.97. The Morgan fingerprint density at radius 1 is 1.27 bits per heavy atom. The first-order valence-corrected chi connectivity index (χ1v) is 8.88. The number of benzene rings is 1. The van der Waals surface area contributed by atoms with E-state index in [1.54, 1.807) is 9.80 Å². The zero-order valence-electron chi connectivity index (χ0n) is 15.0. The average Bonchev–Trinajstić information content (AvgIpc) is 3.09. The Labute approximate surface area is 153 Å². The molecule has 4 amide bonds. The number of hydrogen-bond acceptors (Lipinski definition) is 3. The largest absolute Gasteiger partial charge is 0.339 e. The summed E-state index contributed by atoms with van der Waals surface area (Å²) < 4.78 is 0. The first kappa shape index (κ1) is 18.0. The van der Waals surface area contributed by atoms with E-state index in [4.69, 9.17) is 0 Å². The van der Waals surface area contributed by atoms with Crippen LogP contribution in [0.25, 0.3) is 0 Å². The van der Waals surface area contributed by atoms with Gasteiger partial charge in [0.1, 0.15) is 0 Å². The lowest BCUT2D eigenvalue weighted by Crippen LogP contribution is -2.40. The molecule has 2 aliphatic heterocycles. The summed E-state index contributed by atoms with van der Waals surface area (Å²) in [7, 11) is 0. The third-order valence-corrected chi connectivity index (χ3v) is 5.00. The molecule has 1 aromatic carbocycles. The van der Waals surface area contributed by atoms with Crippen LogP contribution >= 0.6 is 0 Å². The highest BCUT2D eigenvalue weighted by Crippen LogP contribution is 2.26.